The molecule has 1 fully saturated rings. The number of nitrogens with one attached hydrogen (secondary N) is 1. The highest BCUT2D eigenvalue weighted by atomic mass is 32.2. The monoisotopic (exact) mass is 379 g/mol. The van der Waals surface area contributed by atoms with Crippen molar-refractivity contribution < 1.29 is 18.0 Å². The van der Waals surface area contributed by atoms with Crippen molar-refractivity contribution in [3.05, 3.63) is 29.4 Å². The van der Waals surface area contributed by atoms with Gasteiger partial charge < -0.3 is 16.8 Å². The van der Waals surface area contributed by atoms with Crippen LogP contribution in [0.3, 0.4) is 0 Å². The molecule has 26 heavy (non-hydrogen) atoms. The summed E-state index contributed by atoms with van der Waals surface area (Å²) >= 11 is 0. The van der Waals surface area contributed by atoms with Crippen LogP contribution in [0.25, 0.3) is 0 Å². The van der Waals surface area contributed by atoms with Gasteiger partial charge in [0.25, 0.3) is 11.8 Å². The normalized spacial score (nSPS) is 22.8. The summed E-state index contributed by atoms with van der Waals surface area (Å²) in [5, 5.41) is 6.49. The van der Waals surface area contributed by atoms with E-state index >= 15 is 0 Å². The SMILES string of the molecule is CC1(n2nc(S(C)(=O)=O)c(C(N)=O)c2N)C=C(C(=O)NC2CC2)C=CC1. The molecule has 0 aliphatic heterocycles. The molecule has 9 nitrogen and oxygen atoms in total. The fourth-order valence-electron chi connectivity index (χ4n) is 2.94. The van der Waals surface area contributed by atoms with Gasteiger partial charge in [0.15, 0.2) is 14.9 Å². The number of nitrogens with zero attached hydrogens (tertiary/aromatic N) is 2. The molecule has 3 rings (SSSR count). The zero-order chi connectivity index (χ0) is 19.3. The van der Waals surface area contributed by atoms with Crippen LogP contribution in [-0.4, -0.2) is 42.3 Å². The van der Waals surface area contributed by atoms with E-state index in [0.29, 0.717) is 12.0 Å². The average molecular weight is 379 g/mol. The number of rotatable bonds is 5. The van der Waals surface area contributed by atoms with Crippen LogP contribution >= 0.6 is 0 Å². The van der Waals surface area contributed by atoms with Gasteiger partial charge in [0.1, 0.15) is 11.4 Å². The minimum atomic E-state index is -3.81. The Morgan fingerprint density at radius 2 is 2.04 bits per heavy atom. The molecule has 0 aromatic carbocycles. The summed E-state index contributed by atoms with van der Waals surface area (Å²) in [6.07, 6.45) is 8.43. The largest absolute Gasteiger partial charge is 0.383 e. The Morgan fingerprint density at radius 1 is 1.38 bits per heavy atom. The van der Waals surface area contributed by atoms with Crippen LogP contribution < -0.4 is 16.8 Å². The number of anilines is 1. The molecule has 140 valence electrons. The Balaban J connectivity index is 2.07. The fourth-order valence-corrected chi connectivity index (χ4v) is 3.75. The van der Waals surface area contributed by atoms with Crippen molar-refractivity contribution in [3.8, 4) is 0 Å². The lowest BCUT2D eigenvalue weighted by atomic mass is 9.89. The summed E-state index contributed by atoms with van der Waals surface area (Å²) in [6.45, 7) is 1.75. The lowest BCUT2D eigenvalue weighted by Gasteiger charge is -2.29. The van der Waals surface area contributed by atoms with E-state index in [1.165, 1.54) is 4.68 Å². The van der Waals surface area contributed by atoms with Crippen LogP contribution in [0.4, 0.5) is 5.82 Å². The fraction of sp³-hybridized carbons (Fsp3) is 0.438. The summed E-state index contributed by atoms with van der Waals surface area (Å²) in [5.41, 5.74) is 10.5. The number of amides is 2. The molecule has 0 radical (unpaired) electrons. The summed E-state index contributed by atoms with van der Waals surface area (Å²) in [7, 11) is -3.81. The Labute approximate surface area is 151 Å². The number of nitrogen functional groups attached to an aromatic ring is 1. The standard InChI is InChI=1S/C16H21N5O4S/c1-16(7-3-4-9(8-16)14(23)19-10-5-6-10)21-12(17)11(13(18)22)15(20-21)26(2,24)25/h3-4,8,10H,5-7,17H2,1-2H3,(H2,18,22)(H,19,23). The summed E-state index contributed by atoms with van der Waals surface area (Å²) in [6, 6.07) is 0.207. The third-order valence-corrected chi connectivity index (χ3v) is 5.43. The maximum atomic E-state index is 12.3. The highest BCUT2D eigenvalue weighted by Gasteiger charge is 2.36. The molecule has 10 heteroatoms. The molecule has 0 bridgehead atoms. The van der Waals surface area contributed by atoms with Gasteiger partial charge in [0.2, 0.25) is 0 Å². The molecule has 5 N–H and O–H groups in total. The van der Waals surface area contributed by atoms with Gasteiger partial charge in [-0.25, -0.2) is 13.1 Å². The zero-order valence-electron chi connectivity index (χ0n) is 14.5. The Bertz CT molecular complexity index is 956. The number of hydrogen-bond acceptors (Lipinski definition) is 6. The van der Waals surface area contributed by atoms with Crippen molar-refractivity contribution >= 4 is 27.5 Å². The molecule has 1 aromatic heterocycles. The predicted octanol–water partition coefficient (Wildman–Crippen LogP) is -0.152. The van der Waals surface area contributed by atoms with Gasteiger partial charge in [-0.1, -0.05) is 12.2 Å². The Hall–Kier alpha value is -2.62. The average Bonchev–Trinajstić information content (AvgIpc) is 3.25. The van der Waals surface area contributed by atoms with E-state index in [9.17, 15) is 18.0 Å². The first-order valence-corrected chi connectivity index (χ1v) is 10.0. The van der Waals surface area contributed by atoms with Crippen LogP contribution in [-0.2, 0) is 20.2 Å². The molecule has 0 spiro atoms. The maximum Gasteiger partial charge on any atom is 0.255 e. The van der Waals surface area contributed by atoms with Gasteiger partial charge in [-0.05, 0) is 32.3 Å². The van der Waals surface area contributed by atoms with E-state index in [1.807, 2.05) is 0 Å². The topological polar surface area (TPSA) is 150 Å². The summed E-state index contributed by atoms with van der Waals surface area (Å²) in [5.74, 6) is -1.33. The molecule has 1 unspecified atom stereocenters. The number of hydrogen-bond donors (Lipinski definition) is 3. The molecule has 2 amide bonds. The number of allylic oxidation sites excluding steroid dienone is 2. The molecule has 1 heterocycles. The minimum absolute atomic E-state index is 0.145. The maximum absolute atomic E-state index is 12.3. The number of primary amides is 1. The van der Waals surface area contributed by atoms with E-state index in [-0.39, 0.29) is 23.3 Å². The Morgan fingerprint density at radius 3 is 2.54 bits per heavy atom. The quantitative estimate of drug-likeness (QED) is 0.647. The second kappa shape index (κ2) is 5.97. The van der Waals surface area contributed by atoms with E-state index in [4.69, 9.17) is 11.5 Å². The first-order valence-electron chi connectivity index (χ1n) is 8.12. The molecule has 1 saturated carbocycles. The third kappa shape index (κ3) is 3.24. The number of nitrogens with two attached hydrogens (primary N) is 2. The molecule has 2 aliphatic rings. The first-order chi connectivity index (χ1) is 12.0. The van der Waals surface area contributed by atoms with E-state index in [0.717, 1.165) is 19.1 Å². The first kappa shape index (κ1) is 18.2. The van der Waals surface area contributed by atoms with Crippen molar-refractivity contribution in [3.63, 3.8) is 0 Å². The second-order valence-corrected chi connectivity index (χ2v) is 8.86. The van der Waals surface area contributed by atoms with E-state index in [1.54, 1.807) is 25.2 Å². The minimum Gasteiger partial charge on any atom is -0.383 e. The third-order valence-electron chi connectivity index (χ3n) is 4.44. The van der Waals surface area contributed by atoms with Crippen LogP contribution in [0.5, 0.6) is 0 Å². The second-order valence-electron chi connectivity index (χ2n) is 6.92. The highest BCUT2D eigenvalue weighted by Crippen LogP contribution is 2.34. The van der Waals surface area contributed by atoms with Gasteiger partial charge in [0, 0.05) is 17.9 Å². The molecular formula is C16H21N5O4S. The van der Waals surface area contributed by atoms with Gasteiger partial charge in [-0.15, -0.1) is 0 Å². The Kier molecular flexibility index (Phi) is 4.18. The number of sulfone groups is 1. The molecule has 1 aromatic rings. The van der Waals surface area contributed by atoms with Gasteiger partial charge >= 0.3 is 0 Å². The van der Waals surface area contributed by atoms with E-state index in [2.05, 4.69) is 10.4 Å². The molecule has 0 saturated heterocycles. The molecule has 1 atom stereocenters. The number of aromatic nitrogens is 2. The van der Waals surface area contributed by atoms with Crippen molar-refractivity contribution in [2.75, 3.05) is 12.0 Å². The van der Waals surface area contributed by atoms with Crippen molar-refractivity contribution in [1.82, 2.24) is 15.1 Å². The van der Waals surface area contributed by atoms with Crippen LogP contribution in [0, 0.1) is 0 Å². The van der Waals surface area contributed by atoms with Gasteiger partial charge in [0.05, 0.1) is 5.54 Å². The summed E-state index contributed by atoms with van der Waals surface area (Å²) in [4.78, 5) is 24.1. The van der Waals surface area contributed by atoms with Crippen molar-refractivity contribution in [2.24, 2.45) is 5.73 Å². The molecular weight excluding hydrogens is 358 g/mol. The van der Waals surface area contributed by atoms with E-state index < -0.39 is 26.3 Å². The predicted molar refractivity (Wildman–Crippen MR) is 94.9 cm³/mol. The highest BCUT2D eigenvalue weighted by molar-refractivity contribution is 7.90. The lowest BCUT2D eigenvalue weighted by Crippen LogP contribution is -2.35. The number of carbonyl (C=O) groups is 2. The summed E-state index contributed by atoms with van der Waals surface area (Å²) < 4.78 is 25.2. The molecule has 2 aliphatic carbocycles. The van der Waals surface area contributed by atoms with Gasteiger partial charge in [-0.2, -0.15) is 5.10 Å². The van der Waals surface area contributed by atoms with Crippen LogP contribution in [0.2, 0.25) is 0 Å². The van der Waals surface area contributed by atoms with Crippen molar-refractivity contribution in [2.45, 2.75) is 42.8 Å². The van der Waals surface area contributed by atoms with Crippen molar-refractivity contribution in [1.29, 1.82) is 0 Å². The number of carbonyl (C=O) groups excluding carboxylic acids is 2. The zero-order valence-corrected chi connectivity index (χ0v) is 15.3. The van der Waals surface area contributed by atoms with Crippen LogP contribution in [0.1, 0.15) is 36.5 Å². The lowest BCUT2D eigenvalue weighted by molar-refractivity contribution is -0.117. The smallest absolute Gasteiger partial charge is 0.255 e. The van der Waals surface area contributed by atoms with Gasteiger partial charge in [-0.3, -0.25) is 9.59 Å². The van der Waals surface area contributed by atoms with Crippen LogP contribution in [0.15, 0.2) is 28.8 Å².